The average Bonchev–Trinajstić information content (AvgIpc) is 1.54. The molecule has 0 nitrogen and oxygen atoms in total. The minimum atomic E-state index is -0.411. The summed E-state index contributed by atoms with van der Waals surface area (Å²) >= 11 is 0. The molecular weight excluding hydrogens is 1960 g/mol. The van der Waals surface area contributed by atoms with Crippen LogP contribution in [0.4, 0.5) is 0 Å². The molecule has 0 atom stereocenters. The third-order valence-electron chi connectivity index (χ3n) is 24.2. The standard InChI is InChI=1S/3C31H20.3C10H14.9C2H6.3Y/c1-4-13-23(14-5-1)26-20-12-21-28-27-19-10-11-22-29(27)31(30(26)28,24-15-6-2-7-16-24)25-17-8-3-9-18-25;1-4-12-23(13-5-1)24-20-21-30-28(22-24)27-18-10-11-19-29(27)31(30,25-14-6-2-7-15-25)26-16-8-3-9-17-26;1-4-12-23(13-5-1)24-20-21-28-27-18-10-11-19-29(27)31(30(28)22-24,25-14-6-2-7-15-25)26-16-8-3-9-17-26;3*1-4-10-6-8(2)5-9(3)7-10;9*1-2;;;/h1-13,15-19,21-22H;1-12,14-21H;1-12,14-19,21-22H;3*5-7H,4H2,1-3H3;9*1-2H3;;;/q3*-2;;;;;;;;;;;;;;;. The van der Waals surface area contributed by atoms with Gasteiger partial charge in [-0.25, -0.2) is 27.8 Å². The predicted octanol–water partition coefficient (Wildman–Crippen LogP) is 39.8. The zero-order chi connectivity index (χ0) is 103. The number of aryl methyl sites for hydroxylation is 9. The summed E-state index contributed by atoms with van der Waals surface area (Å²) in [5.74, 6) is 0. The summed E-state index contributed by atoms with van der Waals surface area (Å²) in [4.78, 5) is 0. The molecule has 0 amide bonds. The van der Waals surface area contributed by atoms with Gasteiger partial charge in [0.25, 0.3) is 0 Å². The zero-order valence-corrected chi connectivity index (χ0v) is 100. The third-order valence-corrected chi connectivity index (χ3v) is 24.2. The Bertz CT molecular complexity index is 6280. The predicted molar refractivity (Wildman–Crippen MR) is 619 cm³/mol. The largest absolute Gasteiger partial charge is 0.226 e. The molecule has 0 spiro atoms. The summed E-state index contributed by atoms with van der Waals surface area (Å²) < 4.78 is 0. The van der Waals surface area contributed by atoms with Crippen LogP contribution in [0.3, 0.4) is 0 Å². The van der Waals surface area contributed by atoms with E-state index >= 15 is 0 Å². The number of fused-ring (bicyclic) bond motifs is 9. The Morgan fingerprint density at radius 3 is 0.799 bits per heavy atom. The van der Waals surface area contributed by atoms with E-state index in [1.807, 2.05) is 161 Å². The van der Waals surface area contributed by atoms with Crippen LogP contribution in [0, 0.1) is 77.9 Å². The van der Waals surface area contributed by atoms with Gasteiger partial charge >= 0.3 is 0 Å². The van der Waals surface area contributed by atoms with Gasteiger partial charge in [-0.3, -0.25) is 0 Å². The van der Waals surface area contributed by atoms with E-state index in [0.717, 1.165) is 52.6 Å². The van der Waals surface area contributed by atoms with Gasteiger partial charge in [-0.2, -0.15) is 115 Å². The first-order valence-electron chi connectivity index (χ1n) is 52.3. The summed E-state index contributed by atoms with van der Waals surface area (Å²) in [5, 5.41) is 0. The van der Waals surface area contributed by atoms with Crippen molar-refractivity contribution in [3.63, 3.8) is 0 Å². The Hall–Kier alpha value is -10.7. The summed E-state index contributed by atoms with van der Waals surface area (Å²) in [6.07, 6.45) is 3.42. The van der Waals surface area contributed by atoms with Crippen LogP contribution in [0.15, 0.2) is 419 Å². The van der Waals surface area contributed by atoms with Crippen LogP contribution >= 0.6 is 0 Å². The molecular formula is C141H156Y3-6. The molecule has 21 rings (SSSR count). The van der Waals surface area contributed by atoms with Crippen molar-refractivity contribution in [2.75, 3.05) is 0 Å². The Morgan fingerprint density at radius 2 is 0.465 bits per heavy atom. The Labute approximate surface area is 949 Å². The summed E-state index contributed by atoms with van der Waals surface area (Å²) in [5.41, 5.74) is 40.9. The molecule has 3 radical (unpaired) electrons. The maximum absolute atomic E-state index is 3.76. The van der Waals surface area contributed by atoms with Crippen LogP contribution in [0.25, 0.3) is 66.8 Å². The quantitative estimate of drug-likeness (QED) is 0.107. The van der Waals surface area contributed by atoms with Crippen LogP contribution in [-0.4, -0.2) is 0 Å². The molecule has 0 N–H and O–H groups in total. The van der Waals surface area contributed by atoms with Crippen molar-refractivity contribution in [1.29, 1.82) is 0 Å². The molecule has 0 saturated carbocycles. The summed E-state index contributed by atoms with van der Waals surface area (Å²) in [6.45, 7) is 55.4. The van der Waals surface area contributed by atoms with E-state index in [-0.39, 0.29) is 109 Å². The number of benzene rings is 18. The molecule has 3 aliphatic carbocycles. The molecule has 18 aromatic carbocycles. The van der Waals surface area contributed by atoms with Gasteiger partial charge in [0.2, 0.25) is 0 Å². The van der Waals surface area contributed by atoms with Crippen molar-refractivity contribution in [3.8, 4) is 66.8 Å². The molecule has 0 bridgehead atoms. The maximum atomic E-state index is 3.76. The molecule has 18 aromatic rings. The van der Waals surface area contributed by atoms with Crippen LogP contribution in [0.2, 0.25) is 0 Å². The molecule has 0 aromatic heterocycles. The van der Waals surface area contributed by atoms with Crippen LogP contribution in [0.1, 0.15) is 262 Å². The molecule has 0 fully saturated rings. The molecule has 3 heteroatoms. The number of rotatable bonds is 12. The van der Waals surface area contributed by atoms with Gasteiger partial charge in [0.05, 0.1) is 5.41 Å². The van der Waals surface area contributed by atoms with E-state index in [9.17, 15) is 0 Å². The van der Waals surface area contributed by atoms with E-state index < -0.39 is 5.41 Å². The van der Waals surface area contributed by atoms with Crippen molar-refractivity contribution >= 4 is 0 Å². The van der Waals surface area contributed by atoms with E-state index in [1.165, 1.54) is 150 Å². The van der Waals surface area contributed by atoms with Gasteiger partial charge in [0, 0.05) is 109 Å². The second-order valence-electron chi connectivity index (χ2n) is 32.4. The van der Waals surface area contributed by atoms with Crippen molar-refractivity contribution in [3.05, 3.63) is 572 Å². The monoisotopic (exact) mass is 2120 g/mol. The average molecular weight is 2120 g/mol. The van der Waals surface area contributed by atoms with Crippen molar-refractivity contribution in [2.24, 2.45) is 0 Å². The first-order chi connectivity index (χ1) is 69.3. The maximum Gasteiger partial charge on any atom is 0.0530 e. The fraction of sp³-hybridized carbons (Fsp3) is 0.234. The first kappa shape index (κ1) is 126. The topological polar surface area (TPSA) is 0 Å². The molecule has 0 aliphatic heterocycles. The molecule has 735 valence electrons. The van der Waals surface area contributed by atoms with Gasteiger partial charge < -0.3 is 0 Å². The van der Waals surface area contributed by atoms with E-state index in [1.54, 1.807) is 0 Å². The van der Waals surface area contributed by atoms with E-state index in [2.05, 4.69) is 481 Å². The SMILES string of the molecule is CC.CC.CC.CC.CC.CC.CC.CC.CC.CCc1cc(C)cc(C)c1.CCc1cc(C)cc(C)c1.CCc1cc(C)cc(C)c1.[Y].[Y].[Y].[c-]1ccccc1-c1[c-]c2c(cc1)C(c1ccccc1)(c1ccccc1)c1ccccc1-2.[c-]1ccccc1-c1[c-]cc2c(c1)C(c1ccccc1)(c1ccccc1)c1ccccc1-2.[c-]1ccccc1-c1[c-]ccc2c1C(c1ccccc1)(c1ccccc1)c1ccccc1-2. The molecule has 0 unspecified atom stereocenters. The van der Waals surface area contributed by atoms with Crippen molar-refractivity contribution < 1.29 is 98.1 Å². The number of hydrogen-bond donors (Lipinski definition) is 0. The smallest absolute Gasteiger partial charge is 0.0530 e. The first-order valence-corrected chi connectivity index (χ1v) is 52.3. The Morgan fingerprint density at radius 1 is 0.188 bits per heavy atom. The molecule has 3 aliphatic rings. The van der Waals surface area contributed by atoms with E-state index in [0.29, 0.717) is 0 Å². The fourth-order valence-corrected chi connectivity index (χ4v) is 19.2. The van der Waals surface area contributed by atoms with Gasteiger partial charge in [-0.15, -0.1) is 58.7 Å². The zero-order valence-electron chi connectivity index (χ0n) is 91.7. The molecule has 0 heterocycles. The van der Waals surface area contributed by atoms with Crippen LogP contribution < -0.4 is 0 Å². The van der Waals surface area contributed by atoms with Crippen molar-refractivity contribution in [2.45, 2.75) is 222 Å². The normalized spacial score (nSPS) is 11.1. The second-order valence-corrected chi connectivity index (χ2v) is 32.4. The molecule has 0 saturated heterocycles. The van der Waals surface area contributed by atoms with Crippen LogP contribution in [-0.2, 0) is 134 Å². The van der Waals surface area contributed by atoms with E-state index in [4.69, 9.17) is 0 Å². The van der Waals surface area contributed by atoms with Crippen LogP contribution in [0.5, 0.6) is 0 Å². The minimum Gasteiger partial charge on any atom is -0.226 e. The fourth-order valence-electron chi connectivity index (χ4n) is 19.2. The van der Waals surface area contributed by atoms with Gasteiger partial charge in [0.1, 0.15) is 0 Å². The van der Waals surface area contributed by atoms with Gasteiger partial charge in [0.15, 0.2) is 0 Å². The molecule has 144 heavy (non-hydrogen) atoms. The Kier molecular flexibility index (Phi) is 58.5. The third kappa shape index (κ3) is 30.1. The number of hydrogen-bond acceptors (Lipinski definition) is 0. The van der Waals surface area contributed by atoms with Gasteiger partial charge in [-0.1, -0.05) is 516 Å². The van der Waals surface area contributed by atoms with Crippen molar-refractivity contribution in [1.82, 2.24) is 0 Å². The van der Waals surface area contributed by atoms with Gasteiger partial charge in [-0.05, 0) is 128 Å². The minimum absolute atomic E-state index is 0. The second kappa shape index (κ2) is 67.1. The summed E-state index contributed by atoms with van der Waals surface area (Å²) in [6, 6.07) is 170. The Balaban J connectivity index is 0.000000365. The summed E-state index contributed by atoms with van der Waals surface area (Å²) in [7, 11) is 0.